The van der Waals surface area contributed by atoms with Crippen LogP contribution in [0.25, 0.3) is 0 Å². The van der Waals surface area contributed by atoms with E-state index in [-0.39, 0.29) is 6.61 Å². The highest BCUT2D eigenvalue weighted by atomic mass is 79.9. The van der Waals surface area contributed by atoms with Crippen LogP contribution >= 0.6 is 15.9 Å². The van der Waals surface area contributed by atoms with Crippen molar-refractivity contribution in [2.45, 2.75) is 6.61 Å². The molecule has 1 aromatic carbocycles. The van der Waals surface area contributed by atoms with Crippen LogP contribution in [0.3, 0.4) is 0 Å². The summed E-state index contributed by atoms with van der Waals surface area (Å²) in [5.74, 6) is -0.411. The van der Waals surface area contributed by atoms with E-state index in [4.69, 9.17) is 10.5 Å². The fourth-order valence-corrected chi connectivity index (χ4v) is 2.28. The summed E-state index contributed by atoms with van der Waals surface area (Å²) in [4.78, 5) is 18.1. The first-order valence-corrected chi connectivity index (χ1v) is 7.10. The molecule has 0 aliphatic carbocycles. The molecule has 0 radical (unpaired) electrons. The van der Waals surface area contributed by atoms with Gasteiger partial charge in [0.2, 0.25) is 0 Å². The standard InChI is InChI=1S/C15H16BrN3O2/c1-19(2)14-4-3-12(17)6-13(14)15(20)21-9-10-5-11(16)8-18-7-10/h3-8H,9,17H2,1-2H3. The summed E-state index contributed by atoms with van der Waals surface area (Å²) >= 11 is 3.33. The summed E-state index contributed by atoms with van der Waals surface area (Å²) in [5.41, 5.74) is 8.30. The normalized spacial score (nSPS) is 10.2. The summed E-state index contributed by atoms with van der Waals surface area (Å²) in [6.07, 6.45) is 3.33. The van der Waals surface area contributed by atoms with Crippen LogP contribution in [0, 0.1) is 0 Å². The van der Waals surface area contributed by atoms with Gasteiger partial charge in [0.05, 0.1) is 11.3 Å². The Balaban J connectivity index is 2.15. The number of halogens is 1. The number of esters is 1. The van der Waals surface area contributed by atoms with Crippen LogP contribution in [0.2, 0.25) is 0 Å². The van der Waals surface area contributed by atoms with Gasteiger partial charge in [-0.2, -0.15) is 0 Å². The van der Waals surface area contributed by atoms with Crippen molar-refractivity contribution in [2.75, 3.05) is 24.7 Å². The highest BCUT2D eigenvalue weighted by molar-refractivity contribution is 9.10. The molecule has 2 rings (SSSR count). The Hall–Kier alpha value is -2.08. The second kappa shape index (κ2) is 6.58. The number of carbonyl (C=O) groups is 1. The van der Waals surface area contributed by atoms with Crippen LogP contribution in [0.5, 0.6) is 0 Å². The monoisotopic (exact) mass is 349 g/mol. The number of aromatic nitrogens is 1. The van der Waals surface area contributed by atoms with Crippen molar-refractivity contribution in [1.29, 1.82) is 0 Å². The van der Waals surface area contributed by atoms with Gasteiger partial charge in [0.25, 0.3) is 0 Å². The number of benzene rings is 1. The zero-order chi connectivity index (χ0) is 15.4. The van der Waals surface area contributed by atoms with Gasteiger partial charge in [-0.3, -0.25) is 4.98 Å². The lowest BCUT2D eigenvalue weighted by atomic mass is 10.1. The van der Waals surface area contributed by atoms with Crippen LogP contribution in [-0.2, 0) is 11.3 Å². The summed E-state index contributed by atoms with van der Waals surface area (Å²) in [5, 5.41) is 0. The Bertz CT molecular complexity index is 659. The minimum atomic E-state index is -0.411. The van der Waals surface area contributed by atoms with E-state index in [1.54, 1.807) is 30.6 Å². The first kappa shape index (κ1) is 15.3. The van der Waals surface area contributed by atoms with Crippen molar-refractivity contribution < 1.29 is 9.53 Å². The molecule has 0 aliphatic rings. The average Bonchev–Trinajstić information content (AvgIpc) is 2.44. The van der Waals surface area contributed by atoms with Gasteiger partial charge in [-0.05, 0) is 40.2 Å². The van der Waals surface area contributed by atoms with E-state index in [1.165, 1.54) is 0 Å². The zero-order valence-corrected chi connectivity index (χ0v) is 13.4. The van der Waals surface area contributed by atoms with E-state index in [0.29, 0.717) is 11.3 Å². The lowest BCUT2D eigenvalue weighted by molar-refractivity contribution is 0.0473. The van der Waals surface area contributed by atoms with E-state index >= 15 is 0 Å². The lowest BCUT2D eigenvalue weighted by Crippen LogP contribution is -2.16. The number of nitrogen functional groups attached to an aromatic ring is 1. The first-order valence-electron chi connectivity index (χ1n) is 6.31. The predicted molar refractivity (Wildman–Crippen MR) is 86.2 cm³/mol. The Morgan fingerprint density at radius 3 is 2.76 bits per heavy atom. The van der Waals surface area contributed by atoms with Crippen molar-refractivity contribution in [1.82, 2.24) is 4.98 Å². The highest BCUT2D eigenvalue weighted by Crippen LogP contribution is 2.22. The van der Waals surface area contributed by atoms with Gasteiger partial charge >= 0.3 is 5.97 Å². The molecular weight excluding hydrogens is 334 g/mol. The third kappa shape index (κ3) is 3.95. The van der Waals surface area contributed by atoms with Crippen LogP contribution < -0.4 is 10.6 Å². The molecule has 0 aliphatic heterocycles. The summed E-state index contributed by atoms with van der Waals surface area (Å²) in [6, 6.07) is 7.03. The Labute approximate surface area is 131 Å². The number of nitrogens with two attached hydrogens (primary N) is 1. The molecule has 6 heteroatoms. The molecule has 0 saturated carbocycles. The summed E-state index contributed by atoms with van der Waals surface area (Å²) in [6.45, 7) is 0.160. The molecule has 0 fully saturated rings. The molecule has 0 saturated heterocycles. The maximum absolute atomic E-state index is 12.2. The largest absolute Gasteiger partial charge is 0.457 e. The number of hydrogen-bond acceptors (Lipinski definition) is 5. The maximum atomic E-state index is 12.2. The highest BCUT2D eigenvalue weighted by Gasteiger charge is 2.15. The molecule has 110 valence electrons. The predicted octanol–water partition coefficient (Wildman–Crippen LogP) is 2.85. The number of rotatable bonds is 4. The van der Waals surface area contributed by atoms with Crippen molar-refractivity contribution in [2.24, 2.45) is 0 Å². The van der Waals surface area contributed by atoms with Gasteiger partial charge in [-0.1, -0.05) is 0 Å². The van der Waals surface area contributed by atoms with Crippen LogP contribution in [0.4, 0.5) is 11.4 Å². The van der Waals surface area contributed by atoms with Crippen molar-refractivity contribution in [3.05, 3.63) is 52.3 Å². The number of ether oxygens (including phenoxy) is 1. The summed E-state index contributed by atoms with van der Waals surface area (Å²) < 4.78 is 6.17. The van der Waals surface area contributed by atoms with Gasteiger partial charge in [0, 0.05) is 42.2 Å². The smallest absolute Gasteiger partial charge is 0.340 e. The quantitative estimate of drug-likeness (QED) is 0.678. The van der Waals surface area contributed by atoms with Gasteiger partial charge in [-0.25, -0.2) is 4.79 Å². The van der Waals surface area contributed by atoms with Crippen LogP contribution in [0.1, 0.15) is 15.9 Å². The Kier molecular flexibility index (Phi) is 4.80. The molecule has 2 N–H and O–H groups in total. The SMILES string of the molecule is CN(C)c1ccc(N)cc1C(=O)OCc1cncc(Br)c1. The second-order valence-corrected chi connectivity index (χ2v) is 5.67. The van der Waals surface area contributed by atoms with E-state index in [2.05, 4.69) is 20.9 Å². The molecule has 0 bridgehead atoms. The minimum Gasteiger partial charge on any atom is -0.457 e. The minimum absolute atomic E-state index is 0.160. The van der Waals surface area contributed by atoms with Gasteiger partial charge in [-0.15, -0.1) is 0 Å². The first-order chi connectivity index (χ1) is 9.97. The molecule has 2 aromatic rings. The Morgan fingerprint density at radius 1 is 1.33 bits per heavy atom. The fourth-order valence-electron chi connectivity index (χ4n) is 1.87. The number of carbonyl (C=O) groups excluding carboxylic acids is 1. The maximum Gasteiger partial charge on any atom is 0.340 e. The number of hydrogen-bond donors (Lipinski definition) is 1. The van der Waals surface area contributed by atoms with Crippen molar-refractivity contribution in [3.8, 4) is 0 Å². The fraction of sp³-hybridized carbons (Fsp3) is 0.200. The van der Waals surface area contributed by atoms with Gasteiger partial charge in [0.15, 0.2) is 0 Å². The lowest BCUT2D eigenvalue weighted by Gasteiger charge is -2.17. The molecule has 21 heavy (non-hydrogen) atoms. The van der Waals surface area contributed by atoms with E-state index < -0.39 is 5.97 Å². The molecule has 5 nitrogen and oxygen atoms in total. The molecule has 1 aromatic heterocycles. The topological polar surface area (TPSA) is 68.5 Å². The third-order valence-electron chi connectivity index (χ3n) is 2.85. The average molecular weight is 350 g/mol. The van der Waals surface area contributed by atoms with Gasteiger partial charge < -0.3 is 15.4 Å². The zero-order valence-electron chi connectivity index (χ0n) is 11.8. The molecular formula is C15H16BrN3O2. The molecule has 0 unspecified atom stereocenters. The molecule has 1 heterocycles. The van der Waals surface area contributed by atoms with Crippen LogP contribution in [-0.4, -0.2) is 25.0 Å². The van der Waals surface area contributed by atoms with Crippen LogP contribution in [0.15, 0.2) is 41.1 Å². The molecule has 0 spiro atoms. The van der Waals surface area contributed by atoms with E-state index in [0.717, 1.165) is 15.7 Å². The number of pyridine rings is 1. The summed E-state index contributed by atoms with van der Waals surface area (Å²) in [7, 11) is 3.72. The van der Waals surface area contributed by atoms with E-state index in [1.807, 2.05) is 25.1 Å². The number of nitrogens with zero attached hydrogens (tertiary/aromatic N) is 2. The molecule has 0 amide bonds. The van der Waals surface area contributed by atoms with Crippen molar-refractivity contribution >= 4 is 33.3 Å². The number of anilines is 2. The van der Waals surface area contributed by atoms with Gasteiger partial charge in [0.1, 0.15) is 6.61 Å². The Morgan fingerprint density at radius 2 is 2.10 bits per heavy atom. The second-order valence-electron chi connectivity index (χ2n) is 4.76. The van der Waals surface area contributed by atoms with E-state index in [9.17, 15) is 4.79 Å². The van der Waals surface area contributed by atoms with Crippen molar-refractivity contribution in [3.63, 3.8) is 0 Å². The third-order valence-corrected chi connectivity index (χ3v) is 3.29. The molecule has 0 atom stereocenters.